The summed E-state index contributed by atoms with van der Waals surface area (Å²) in [5, 5.41) is 14.4. The SMILES string of the molecule is CC(=O)C1=C(C)NC2=C(C(=O)CC(C)(C)C2)C1c1cccc([N+](=O)[O-])c1. The number of ketones is 2. The van der Waals surface area contributed by atoms with Crippen LogP contribution in [-0.2, 0) is 9.59 Å². The van der Waals surface area contributed by atoms with Gasteiger partial charge in [0.05, 0.1) is 4.92 Å². The van der Waals surface area contributed by atoms with Crippen LogP contribution >= 0.6 is 0 Å². The van der Waals surface area contributed by atoms with Crippen molar-refractivity contribution in [2.45, 2.75) is 46.5 Å². The van der Waals surface area contributed by atoms with E-state index in [1.54, 1.807) is 12.1 Å². The average Bonchev–Trinajstić information content (AvgIpc) is 2.51. The quantitative estimate of drug-likeness (QED) is 0.659. The van der Waals surface area contributed by atoms with Gasteiger partial charge in [-0.05, 0) is 31.2 Å². The second-order valence-corrected chi connectivity index (χ2v) is 7.84. The third-order valence-electron chi connectivity index (χ3n) is 5.03. The summed E-state index contributed by atoms with van der Waals surface area (Å²) in [6, 6.07) is 6.22. The van der Waals surface area contributed by atoms with Gasteiger partial charge in [-0.15, -0.1) is 0 Å². The molecule has 0 saturated heterocycles. The molecule has 0 radical (unpaired) electrons. The molecule has 26 heavy (non-hydrogen) atoms. The first-order valence-electron chi connectivity index (χ1n) is 8.60. The number of benzene rings is 1. The van der Waals surface area contributed by atoms with Crippen LogP contribution in [0.15, 0.2) is 46.8 Å². The molecular formula is C20H22N2O4. The van der Waals surface area contributed by atoms with Crippen molar-refractivity contribution in [3.8, 4) is 0 Å². The molecule has 1 unspecified atom stereocenters. The minimum atomic E-state index is -0.563. The molecule has 1 heterocycles. The van der Waals surface area contributed by atoms with Crippen molar-refractivity contribution < 1.29 is 14.5 Å². The molecule has 1 atom stereocenters. The van der Waals surface area contributed by atoms with Crippen LogP contribution in [0.4, 0.5) is 5.69 Å². The van der Waals surface area contributed by atoms with E-state index in [2.05, 4.69) is 5.32 Å². The van der Waals surface area contributed by atoms with E-state index in [4.69, 9.17) is 0 Å². The molecule has 0 fully saturated rings. The number of carbonyl (C=O) groups excluding carboxylic acids is 2. The normalized spacial score (nSPS) is 22.0. The highest BCUT2D eigenvalue weighted by molar-refractivity contribution is 6.05. The monoisotopic (exact) mass is 354 g/mol. The van der Waals surface area contributed by atoms with Gasteiger partial charge in [-0.25, -0.2) is 0 Å². The Morgan fingerprint density at radius 2 is 2.00 bits per heavy atom. The Morgan fingerprint density at radius 1 is 1.31 bits per heavy atom. The highest BCUT2D eigenvalue weighted by atomic mass is 16.6. The van der Waals surface area contributed by atoms with Crippen LogP contribution in [-0.4, -0.2) is 16.5 Å². The number of Topliss-reactive ketones (excluding diaryl/α,β-unsaturated/α-hetero) is 2. The van der Waals surface area contributed by atoms with Gasteiger partial charge < -0.3 is 5.32 Å². The predicted molar refractivity (Wildman–Crippen MR) is 97.4 cm³/mol. The third-order valence-corrected chi connectivity index (χ3v) is 5.03. The highest BCUT2D eigenvalue weighted by Crippen LogP contribution is 2.46. The molecule has 1 aromatic carbocycles. The molecule has 1 aromatic rings. The lowest BCUT2D eigenvalue weighted by Crippen LogP contribution is -2.38. The maximum atomic E-state index is 13.0. The first kappa shape index (κ1) is 18.0. The Bertz CT molecular complexity index is 893. The summed E-state index contributed by atoms with van der Waals surface area (Å²) < 4.78 is 0. The standard InChI is InChI=1S/C20H22N2O4/c1-11-17(12(2)23)18(13-6-5-7-14(8-13)22(25)26)19-15(21-11)9-20(3,4)10-16(19)24/h5-8,18,21H,9-10H2,1-4H3. The van der Waals surface area contributed by atoms with E-state index < -0.39 is 10.8 Å². The summed E-state index contributed by atoms with van der Waals surface area (Å²) in [6.07, 6.45) is 1.09. The van der Waals surface area contributed by atoms with Crippen molar-refractivity contribution in [1.29, 1.82) is 0 Å². The van der Waals surface area contributed by atoms with E-state index >= 15 is 0 Å². The Kier molecular flexibility index (Phi) is 4.30. The van der Waals surface area contributed by atoms with Crippen molar-refractivity contribution in [2.24, 2.45) is 5.41 Å². The molecule has 6 heteroatoms. The Balaban J connectivity index is 2.22. The third kappa shape index (κ3) is 3.07. The van der Waals surface area contributed by atoms with E-state index in [0.29, 0.717) is 35.2 Å². The molecule has 1 N–H and O–H groups in total. The number of nitrogens with one attached hydrogen (secondary N) is 1. The predicted octanol–water partition coefficient (Wildman–Crippen LogP) is 3.79. The number of non-ortho nitro benzene ring substituents is 1. The largest absolute Gasteiger partial charge is 0.362 e. The minimum Gasteiger partial charge on any atom is -0.362 e. The summed E-state index contributed by atoms with van der Waals surface area (Å²) >= 11 is 0. The van der Waals surface area contributed by atoms with E-state index in [9.17, 15) is 19.7 Å². The Morgan fingerprint density at radius 3 is 2.62 bits per heavy atom. The van der Waals surface area contributed by atoms with Crippen molar-refractivity contribution >= 4 is 17.3 Å². The summed E-state index contributed by atoms with van der Waals surface area (Å²) in [5.74, 6) is -0.713. The molecule has 1 aliphatic carbocycles. The van der Waals surface area contributed by atoms with Gasteiger partial charge >= 0.3 is 0 Å². The summed E-state index contributed by atoms with van der Waals surface area (Å²) in [6.45, 7) is 7.36. The molecule has 0 aromatic heterocycles. The molecule has 0 bridgehead atoms. The van der Waals surface area contributed by atoms with Crippen LogP contribution in [0.1, 0.15) is 52.0 Å². The van der Waals surface area contributed by atoms with Gasteiger partial charge in [0.15, 0.2) is 11.6 Å². The number of nitro groups is 1. The number of hydrogen-bond donors (Lipinski definition) is 1. The average molecular weight is 354 g/mol. The molecule has 2 aliphatic rings. The Labute approximate surface area is 152 Å². The first-order chi connectivity index (χ1) is 12.1. The second-order valence-electron chi connectivity index (χ2n) is 7.84. The van der Waals surface area contributed by atoms with Crippen LogP contribution < -0.4 is 5.32 Å². The summed E-state index contributed by atoms with van der Waals surface area (Å²) in [7, 11) is 0. The van der Waals surface area contributed by atoms with Crippen molar-refractivity contribution in [3.05, 3.63) is 62.5 Å². The van der Waals surface area contributed by atoms with Crippen LogP contribution in [0.25, 0.3) is 0 Å². The lowest BCUT2D eigenvalue weighted by molar-refractivity contribution is -0.384. The summed E-state index contributed by atoms with van der Waals surface area (Å²) in [5.41, 5.74) is 2.99. The maximum Gasteiger partial charge on any atom is 0.269 e. The number of carbonyl (C=O) groups is 2. The van der Waals surface area contributed by atoms with Gasteiger partial charge in [0.25, 0.3) is 5.69 Å². The van der Waals surface area contributed by atoms with Crippen LogP contribution in [0, 0.1) is 15.5 Å². The maximum absolute atomic E-state index is 13.0. The van der Waals surface area contributed by atoms with E-state index in [1.165, 1.54) is 19.1 Å². The number of nitrogens with zero attached hydrogens (tertiary/aromatic N) is 1. The van der Waals surface area contributed by atoms with Crippen LogP contribution in [0.2, 0.25) is 0 Å². The lowest BCUT2D eigenvalue weighted by Gasteiger charge is -2.39. The van der Waals surface area contributed by atoms with E-state index in [-0.39, 0.29) is 22.7 Å². The van der Waals surface area contributed by atoms with Gasteiger partial charge in [0.2, 0.25) is 0 Å². The van der Waals surface area contributed by atoms with Gasteiger partial charge in [0.1, 0.15) is 0 Å². The molecule has 0 saturated carbocycles. The zero-order valence-electron chi connectivity index (χ0n) is 15.4. The topological polar surface area (TPSA) is 89.3 Å². The number of hydrogen-bond acceptors (Lipinski definition) is 5. The molecule has 6 nitrogen and oxygen atoms in total. The number of allylic oxidation sites excluding steroid dienone is 4. The van der Waals surface area contributed by atoms with Gasteiger partial charge in [-0.2, -0.15) is 0 Å². The van der Waals surface area contributed by atoms with E-state index in [0.717, 1.165) is 5.70 Å². The number of rotatable bonds is 3. The minimum absolute atomic E-state index is 0.00786. The van der Waals surface area contributed by atoms with Gasteiger partial charge in [-0.3, -0.25) is 19.7 Å². The van der Waals surface area contributed by atoms with Crippen LogP contribution in [0.5, 0.6) is 0 Å². The number of dihydropyridines is 1. The Hall–Kier alpha value is -2.76. The smallest absolute Gasteiger partial charge is 0.269 e. The molecule has 0 spiro atoms. The zero-order chi connectivity index (χ0) is 19.2. The summed E-state index contributed by atoms with van der Waals surface area (Å²) in [4.78, 5) is 36.0. The molecule has 0 amide bonds. The number of nitro benzene ring substituents is 1. The lowest BCUT2D eigenvalue weighted by atomic mass is 9.68. The molecule has 3 rings (SSSR count). The fourth-order valence-electron chi connectivity index (χ4n) is 4.05. The van der Waals surface area contributed by atoms with Crippen molar-refractivity contribution in [2.75, 3.05) is 0 Å². The van der Waals surface area contributed by atoms with Crippen LogP contribution in [0.3, 0.4) is 0 Å². The fourth-order valence-corrected chi connectivity index (χ4v) is 4.05. The first-order valence-corrected chi connectivity index (χ1v) is 8.60. The fraction of sp³-hybridized carbons (Fsp3) is 0.400. The molecule has 136 valence electrons. The van der Waals surface area contributed by atoms with Gasteiger partial charge in [0, 0.05) is 47.0 Å². The van der Waals surface area contributed by atoms with Gasteiger partial charge in [-0.1, -0.05) is 26.0 Å². The van der Waals surface area contributed by atoms with Crippen molar-refractivity contribution in [3.63, 3.8) is 0 Å². The molecular weight excluding hydrogens is 332 g/mol. The zero-order valence-corrected chi connectivity index (χ0v) is 15.4. The van der Waals surface area contributed by atoms with E-state index in [1.807, 2.05) is 20.8 Å². The second kappa shape index (κ2) is 6.20. The van der Waals surface area contributed by atoms with Crippen molar-refractivity contribution in [1.82, 2.24) is 5.32 Å². The highest BCUT2D eigenvalue weighted by Gasteiger charge is 2.42. The molecule has 1 aliphatic heterocycles.